The van der Waals surface area contributed by atoms with Gasteiger partial charge in [-0.15, -0.1) is 0 Å². The molecule has 0 aliphatic carbocycles. The predicted octanol–water partition coefficient (Wildman–Crippen LogP) is 0.587. The molecule has 1 unspecified atom stereocenters. The van der Waals surface area contributed by atoms with Crippen molar-refractivity contribution in [3.8, 4) is 0 Å². The molecule has 1 saturated heterocycles. The average molecular weight is 227 g/mol. The lowest BCUT2D eigenvalue weighted by Gasteiger charge is -2.33. The van der Waals surface area contributed by atoms with Crippen LogP contribution < -0.4 is 10.6 Å². The van der Waals surface area contributed by atoms with E-state index in [0.717, 1.165) is 38.9 Å². The first-order chi connectivity index (χ1) is 7.54. The highest BCUT2D eigenvalue weighted by molar-refractivity contribution is 5.85. The Balaban J connectivity index is 2.23. The maximum atomic E-state index is 12.0. The van der Waals surface area contributed by atoms with Gasteiger partial charge >= 0.3 is 0 Å². The minimum atomic E-state index is -0.337. The summed E-state index contributed by atoms with van der Waals surface area (Å²) in [5.74, 6) is 0.158. The third kappa shape index (κ3) is 4.10. The standard InChI is InChI=1S/C12H25N3O/c1-12(7-4-5-9-14-12)11(16)13-8-6-10-15(2)3/h14H,4-10H2,1-3H3,(H,13,16). The normalized spacial score (nSPS) is 25.8. The largest absolute Gasteiger partial charge is 0.354 e. The number of piperidine rings is 1. The molecule has 94 valence electrons. The predicted molar refractivity (Wildman–Crippen MR) is 66.4 cm³/mol. The Morgan fingerprint density at radius 2 is 2.19 bits per heavy atom. The van der Waals surface area contributed by atoms with E-state index in [9.17, 15) is 4.79 Å². The number of carbonyl (C=O) groups excluding carboxylic acids is 1. The monoisotopic (exact) mass is 227 g/mol. The van der Waals surface area contributed by atoms with Crippen molar-refractivity contribution >= 4 is 5.91 Å². The van der Waals surface area contributed by atoms with E-state index in [-0.39, 0.29) is 11.4 Å². The van der Waals surface area contributed by atoms with E-state index in [0.29, 0.717) is 0 Å². The van der Waals surface area contributed by atoms with Gasteiger partial charge in [-0.1, -0.05) is 0 Å². The third-order valence-corrected chi connectivity index (χ3v) is 3.19. The smallest absolute Gasteiger partial charge is 0.240 e. The lowest BCUT2D eigenvalue weighted by atomic mass is 9.90. The molecule has 0 aromatic rings. The molecule has 2 N–H and O–H groups in total. The summed E-state index contributed by atoms with van der Waals surface area (Å²) in [6.07, 6.45) is 4.29. The summed E-state index contributed by atoms with van der Waals surface area (Å²) in [4.78, 5) is 14.1. The second kappa shape index (κ2) is 6.21. The second-order valence-electron chi connectivity index (χ2n) is 5.13. The van der Waals surface area contributed by atoms with Crippen molar-refractivity contribution in [1.29, 1.82) is 0 Å². The van der Waals surface area contributed by atoms with Gasteiger partial charge in [0, 0.05) is 6.54 Å². The van der Waals surface area contributed by atoms with Crippen LogP contribution in [0.1, 0.15) is 32.6 Å². The molecule has 4 heteroatoms. The minimum Gasteiger partial charge on any atom is -0.354 e. The van der Waals surface area contributed by atoms with Crippen molar-refractivity contribution in [2.75, 3.05) is 33.7 Å². The van der Waals surface area contributed by atoms with Gasteiger partial charge in [-0.2, -0.15) is 0 Å². The van der Waals surface area contributed by atoms with E-state index < -0.39 is 0 Å². The van der Waals surface area contributed by atoms with Crippen LogP contribution in [-0.4, -0.2) is 50.1 Å². The molecule has 1 aliphatic rings. The van der Waals surface area contributed by atoms with Crippen LogP contribution in [0.5, 0.6) is 0 Å². The van der Waals surface area contributed by atoms with Crippen LogP contribution in [0.4, 0.5) is 0 Å². The lowest BCUT2D eigenvalue weighted by Crippen LogP contribution is -2.57. The SMILES string of the molecule is CN(C)CCCNC(=O)C1(C)CCCCN1. The van der Waals surface area contributed by atoms with E-state index in [4.69, 9.17) is 0 Å². The molecule has 1 heterocycles. The Bertz CT molecular complexity index is 222. The molecular formula is C12H25N3O. The van der Waals surface area contributed by atoms with Crippen molar-refractivity contribution in [3.63, 3.8) is 0 Å². The fourth-order valence-corrected chi connectivity index (χ4v) is 2.04. The molecule has 0 aromatic carbocycles. The van der Waals surface area contributed by atoms with Gasteiger partial charge in [0.1, 0.15) is 0 Å². The lowest BCUT2D eigenvalue weighted by molar-refractivity contribution is -0.127. The molecule has 16 heavy (non-hydrogen) atoms. The molecular weight excluding hydrogens is 202 g/mol. The average Bonchev–Trinajstić information content (AvgIpc) is 2.25. The van der Waals surface area contributed by atoms with Gasteiger partial charge in [-0.05, 0) is 59.8 Å². The van der Waals surface area contributed by atoms with Gasteiger partial charge in [0.2, 0.25) is 5.91 Å². The van der Waals surface area contributed by atoms with E-state index in [1.165, 1.54) is 6.42 Å². The van der Waals surface area contributed by atoms with Crippen LogP contribution in [-0.2, 0) is 4.79 Å². The van der Waals surface area contributed by atoms with Gasteiger partial charge in [-0.25, -0.2) is 0 Å². The molecule has 4 nitrogen and oxygen atoms in total. The van der Waals surface area contributed by atoms with Crippen LogP contribution in [0.2, 0.25) is 0 Å². The summed E-state index contributed by atoms with van der Waals surface area (Å²) in [5.41, 5.74) is -0.337. The summed E-state index contributed by atoms with van der Waals surface area (Å²) in [6.45, 7) is 4.76. The number of rotatable bonds is 5. The molecule has 1 amide bonds. The van der Waals surface area contributed by atoms with Gasteiger partial charge in [-0.3, -0.25) is 4.79 Å². The molecule has 0 saturated carbocycles. The van der Waals surface area contributed by atoms with E-state index >= 15 is 0 Å². The van der Waals surface area contributed by atoms with Crippen LogP contribution in [0.15, 0.2) is 0 Å². The molecule has 1 rings (SSSR count). The van der Waals surface area contributed by atoms with Crippen LogP contribution in [0, 0.1) is 0 Å². The van der Waals surface area contributed by atoms with Crippen LogP contribution in [0.3, 0.4) is 0 Å². The Morgan fingerprint density at radius 1 is 1.44 bits per heavy atom. The fourth-order valence-electron chi connectivity index (χ4n) is 2.04. The van der Waals surface area contributed by atoms with Crippen molar-refractivity contribution in [2.24, 2.45) is 0 Å². The number of carbonyl (C=O) groups is 1. The Hall–Kier alpha value is -0.610. The topological polar surface area (TPSA) is 44.4 Å². The first-order valence-corrected chi connectivity index (χ1v) is 6.23. The Labute approximate surface area is 98.8 Å². The summed E-state index contributed by atoms with van der Waals surface area (Å²) < 4.78 is 0. The van der Waals surface area contributed by atoms with Crippen LogP contribution in [0.25, 0.3) is 0 Å². The zero-order valence-electron chi connectivity index (χ0n) is 10.8. The second-order valence-corrected chi connectivity index (χ2v) is 5.13. The quantitative estimate of drug-likeness (QED) is 0.676. The van der Waals surface area contributed by atoms with Gasteiger partial charge in [0.25, 0.3) is 0 Å². The molecule has 1 atom stereocenters. The summed E-state index contributed by atoms with van der Waals surface area (Å²) in [7, 11) is 4.09. The van der Waals surface area contributed by atoms with Crippen molar-refractivity contribution < 1.29 is 4.79 Å². The molecule has 1 fully saturated rings. The Morgan fingerprint density at radius 3 is 2.75 bits per heavy atom. The first kappa shape index (κ1) is 13.5. The number of nitrogens with zero attached hydrogens (tertiary/aromatic N) is 1. The number of amides is 1. The third-order valence-electron chi connectivity index (χ3n) is 3.19. The zero-order valence-corrected chi connectivity index (χ0v) is 10.8. The summed E-state index contributed by atoms with van der Waals surface area (Å²) in [5, 5.41) is 6.34. The highest BCUT2D eigenvalue weighted by Crippen LogP contribution is 2.18. The van der Waals surface area contributed by atoms with Crippen molar-refractivity contribution in [3.05, 3.63) is 0 Å². The van der Waals surface area contributed by atoms with E-state index in [1.54, 1.807) is 0 Å². The maximum Gasteiger partial charge on any atom is 0.240 e. The zero-order chi connectivity index (χ0) is 12.0. The fraction of sp³-hybridized carbons (Fsp3) is 0.917. The van der Waals surface area contributed by atoms with Crippen molar-refractivity contribution in [1.82, 2.24) is 15.5 Å². The maximum absolute atomic E-state index is 12.0. The highest BCUT2D eigenvalue weighted by Gasteiger charge is 2.33. The molecule has 1 aliphatic heterocycles. The van der Waals surface area contributed by atoms with E-state index in [2.05, 4.69) is 15.5 Å². The minimum absolute atomic E-state index is 0.158. The number of hydrogen-bond donors (Lipinski definition) is 2. The molecule has 0 aromatic heterocycles. The number of nitrogens with one attached hydrogen (secondary N) is 2. The number of hydrogen-bond acceptors (Lipinski definition) is 3. The van der Waals surface area contributed by atoms with Gasteiger partial charge < -0.3 is 15.5 Å². The van der Waals surface area contributed by atoms with E-state index in [1.807, 2.05) is 21.0 Å². The highest BCUT2D eigenvalue weighted by atomic mass is 16.2. The van der Waals surface area contributed by atoms with Gasteiger partial charge in [0.15, 0.2) is 0 Å². The molecule has 0 bridgehead atoms. The Kier molecular flexibility index (Phi) is 5.22. The first-order valence-electron chi connectivity index (χ1n) is 6.23. The summed E-state index contributed by atoms with van der Waals surface area (Å²) >= 11 is 0. The molecule has 0 radical (unpaired) electrons. The van der Waals surface area contributed by atoms with Gasteiger partial charge in [0.05, 0.1) is 5.54 Å². The molecule has 0 spiro atoms. The van der Waals surface area contributed by atoms with Crippen LogP contribution >= 0.6 is 0 Å². The van der Waals surface area contributed by atoms with Crippen molar-refractivity contribution in [2.45, 2.75) is 38.1 Å². The summed E-state index contributed by atoms with van der Waals surface area (Å²) in [6, 6.07) is 0.